The normalized spacial score (nSPS) is 10.2. The van der Waals surface area contributed by atoms with Crippen molar-refractivity contribution in [2.75, 3.05) is 5.73 Å². The smallest absolute Gasteiger partial charge is 0.145 e. The molecule has 20 heavy (non-hydrogen) atoms. The second-order valence-corrected chi connectivity index (χ2v) is 4.33. The zero-order chi connectivity index (χ0) is 13.9. The van der Waals surface area contributed by atoms with Gasteiger partial charge in [0, 0.05) is 23.3 Å². The zero-order valence-electron chi connectivity index (χ0n) is 10.6. The van der Waals surface area contributed by atoms with Gasteiger partial charge in [-0.3, -0.25) is 4.98 Å². The molecule has 1 aromatic heterocycles. The molecule has 96 valence electrons. The van der Waals surface area contributed by atoms with Crippen LogP contribution in [-0.4, -0.2) is 4.98 Å². The fraction of sp³-hybridized carbons (Fsp3) is 0. The number of hydrogen-bond acceptors (Lipinski definition) is 4. The maximum absolute atomic E-state index is 9.09. The summed E-state index contributed by atoms with van der Waals surface area (Å²) in [4.78, 5) is 4.28. The first-order valence-electron chi connectivity index (χ1n) is 6.08. The van der Waals surface area contributed by atoms with E-state index in [2.05, 4.69) is 11.1 Å². The molecule has 1 heterocycles. The molecule has 0 amide bonds. The Hall–Kier alpha value is -3.06. The van der Waals surface area contributed by atoms with Crippen LogP contribution in [0, 0.1) is 11.3 Å². The Morgan fingerprint density at radius 3 is 2.85 bits per heavy atom. The van der Waals surface area contributed by atoms with Gasteiger partial charge in [-0.05, 0) is 36.4 Å². The molecule has 3 rings (SSSR count). The van der Waals surface area contributed by atoms with Crippen molar-refractivity contribution in [3.05, 3.63) is 60.3 Å². The van der Waals surface area contributed by atoms with Gasteiger partial charge in [0.25, 0.3) is 0 Å². The van der Waals surface area contributed by atoms with Crippen molar-refractivity contribution < 1.29 is 4.74 Å². The van der Waals surface area contributed by atoms with E-state index in [0.717, 1.165) is 10.9 Å². The molecular formula is C16H11N3O. The van der Waals surface area contributed by atoms with Crippen LogP contribution in [0.1, 0.15) is 5.56 Å². The first-order valence-corrected chi connectivity index (χ1v) is 6.08. The average molecular weight is 261 g/mol. The van der Waals surface area contributed by atoms with Gasteiger partial charge < -0.3 is 10.5 Å². The molecule has 0 spiro atoms. The zero-order valence-corrected chi connectivity index (χ0v) is 10.6. The summed E-state index contributed by atoms with van der Waals surface area (Å²) in [6.45, 7) is 0. The van der Waals surface area contributed by atoms with Crippen LogP contribution in [0.2, 0.25) is 0 Å². The number of nitrogens with zero attached hydrogens (tertiary/aromatic N) is 2. The SMILES string of the molecule is N#Cc1cc(N)ccc1Oc1ccc2cccnc2c1. The van der Waals surface area contributed by atoms with Gasteiger partial charge >= 0.3 is 0 Å². The van der Waals surface area contributed by atoms with Crippen molar-refractivity contribution >= 4 is 16.6 Å². The fourth-order valence-corrected chi connectivity index (χ4v) is 1.96. The fourth-order valence-electron chi connectivity index (χ4n) is 1.96. The summed E-state index contributed by atoms with van der Waals surface area (Å²) in [7, 11) is 0. The lowest BCUT2D eigenvalue weighted by atomic mass is 10.2. The number of pyridine rings is 1. The van der Waals surface area contributed by atoms with Crippen molar-refractivity contribution in [1.29, 1.82) is 5.26 Å². The van der Waals surface area contributed by atoms with Crippen molar-refractivity contribution in [1.82, 2.24) is 4.98 Å². The predicted octanol–water partition coefficient (Wildman–Crippen LogP) is 3.48. The quantitative estimate of drug-likeness (QED) is 0.717. The molecule has 2 aromatic carbocycles. The number of nitrogen functional groups attached to an aromatic ring is 1. The van der Waals surface area contributed by atoms with Crippen LogP contribution in [0.15, 0.2) is 54.7 Å². The van der Waals surface area contributed by atoms with Crippen molar-refractivity contribution in [3.63, 3.8) is 0 Å². The van der Waals surface area contributed by atoms with Crippen LogP contribution >= 0.6 is 0 Å². The van der Waals surface area contributed by atoms with Gasteiger partial charge in [-0.2, -0.15) is 5.26 Å². The van der Waals surface area contributed by atoms with E-state index >= 15 is 0 Å². The highest BCUT2D eigenvalue weighted by molar-refractivity contribution is 5.79. The number of ether oxygens (including phenoxy) is 1. The molecule has 0 atom stereocenters. The van der Waals surface area contributed by atoms with Crippen LogP contribution in [0.5, 0.6) is 11.5 Å². The summed E-state index contributed by atoms with van der Waals surface area (Å²) in [5.74, 6) is 1.12. The lowest BCUT2D eigenvalue weighted by Gasteiger charge is -2.08. The van der Waals surface area contributed by atoms with Gasteiger partial charge in [0.05, 0.1) is 11.1 Å². The first-order chi connectivity index (χ1) is 9.76. The lowest BCUT2D eigenvalue weighted by Crippen LogP contribution is -1.91. The Morgan fingerprint density at radius 1 is 1.10 bits per heavy atom. The Morgan fingerprint density at radius 2 is 2.00 bits per heavy atom. The highest BCUT2D eigenvalue weighted by Gasteiger charge is 2.06. The standard InChI is InChI=1S/C16H11N3O/c17-10-12-8-13(18)4-6-16(12)20-14-5-3-11-2-1-7-19-15(11)9-14/h1-9H,18H2. The second kappa shape index (κ2) is 4.90. The summed E-state index contributed by atoms with van der Waals surface area (Å²) < 4.78 is 5.75. The first kappa shape index (κ1) is 12.0. The molecule has 0 fully saturated rings. The number of rotatable bonds is 2. The molecule has 2 N–H and O–H groups in total. The number of anilines is 1. The third-order valence-corrected chi connectivity index (χ3v) is 2.93. The van der Waals surface area contributed by atoms with Crippen LogP contribution in [0.25, 0.3) is 10.9 Å². The van der Waals surface area contributed by atoms with Crippen molar-refractivity contribution in [2.24, 2.45) is 0 Å². The van der Waals surface area contributed by atoms with Crippen LogP contribution in [-0.2, 0) is 0 Å². The van der Waals surface area contributed by atoms with E-state index in [9.17, 15) is 0 Å². The van der Waals surface area contributed by atoms with Crippen molar-refractivity contribution in [2.45, 2.75) is 0 Å². The van der Waals surface area contributed by atoms with Gasteiger partial charge in [0.15, 0.2) is 0 Å². The molecule has 0 unspecified atom stereocenters. The van der Waals surface area contributed by atoms with Gasteiger partial charge in [0.2, 0.25) is 0 Å². The molecule has 0 aliphatic rings. The third-order valence-electron chi connectivity index (χ3n) is 2.93. The second-order valence-electron chi connectivity index (χ2n) is 4.33. The summed E-state index contributed by atoms with van der Waals surface area (Å²) in [5.41, 5.74) is 7.45. The number of nitriles is 1. The lowest BCUT2D eigenvalue weighted by molar-refractivity contribution is 0.482. The molecule has 0 saturated carbocycles. The highest BCUT2D eigenvalue weighted by atomic mass is 16.5. The van der Waals surface area contributed by atoms with Gasteiger partial charge in [-0.25, -0.2) is 0 Å². The number of hydrogen-bond donors (Lipinski definition) is 1. The maximum atomic E-state index is 9.09. The van der Waals surface area contributed by atoms with Crippen LogP contribution in [0.3, 0.4) is 0 Å². The minimum absolute atomic E-state index is 0.408. The Kier molecular flexibility index (Phi) is 2.94. The molecule has 0 saturated heterocycles. The topological polar surface area (TPSA) is 71.9 Å². The van der Waals surface area contributed by atoms with E-state index in [4.69, 9.17) is 15.7 Å². The third kappa shape index (κ3) is 2.25. The Bertz CT molecular complexity index is 821. The Labute approximate surface area is 116 Å². The van der Waals surface area contributed by atoms with Crippen LogP contribution in [0.4, 0.5) is 5.69 Å². The van der Waals surface area contributed by atoms with E-state index in [-0.39, 0.29) is 0 Å². The maximum Gasteiger partial charge on any atom is 0.145 e. The predicted molar refractivity (Wildman–Crippen MR) is 77.4 cm³/mol. The molecular weight excluding hydrogens is 250 g/mol. The molecule has 0 bridgehead atoms. The van der Waals surface area contributed by atoms with Crippen molar-refractivity contribution in [3.8, 4) is 17.6 Å². The van der Waals surface area contributed by atoms with Gasteiger partial charge in [-0.15, -0.1) is 0 Å². The molecule has 0 aliphatic carbocycles. The summed E-state index contributed by atoms with van der Waals surface area (Å²) >= 11 is 0. The average Bonchev–Trinajstić information content (AvgIpc) is 2.49. The van der Waals surface area contributed by atoms with E-state index in [1.807, 2.05) is 30.3 Å². The van der Waals surface area contributed by atoms with Gasteiger partial charge in [-0.1, -0.05) is 6.07 Å². The van der Waals surface area contributed by atoms with E-state index < -0.39 is 0 Å². The monoisotopic (exact) mass is 261 g/mol. The molecule has 4 heteroatoms. The number of benzene rings is 2. The highest BCUT2D eigenvalue weighted by Crippen LogP contribution is 2.28. The number of nitrogens with two attached hydrogens (primary N) is 1. The molecule has 0 aliphatic heterocycles. The summed E-state index contributed by atoms with van der Waals surface area (Å²) in [6.07, 6.45) is 1.73. The minimum Gasteiger partial charge on any atom is -0.456 e. The largest absolute Gasteiger partial charge is 0.456 e. The van der Waals surface area contributed by atoms with Crippen LogP contribution < -0.4 is 10.5 Å². The van der Waals surface area contributed by atoms with E-state index in [1.165, 1.54) is 0 Å². The number of aromatic nitrogens is 1. The molecule has 3 aromatic rings. The number of fused-ring (bicyclic) bond motifs is 1. The summed E-state index contributed by atoms with van der Waals surface area (Å²) in [6, 6.07) is 16.5. The molecule has 0 radical (unpaired) electrons. The molecule has 4 nitrogen and oxygen atoms in total. The summed E-state index contributed by atoms with van der Waals surface area (Å²) in [5, 5.41) is 10.1. The minimum atomic E-state index is 0.408. The Balaban J connectivity index is 1.99. The van der Waals surface area contributed by atoms with Gasteiger partial charge in [0.1, 0.15) is 17.6 Å². The van der Waals surface area contributed by atoms with E-state index in [0.29, 0.717) is 22.7 Å². The van der Waals surface area contributed by atoms with E-state index in [1.54, 1.807) is 24.4 Å².